The molecule has 0 saturated carbocycles. The van der Waals surface area contributed by atoms with Gasteiger partial charge in [-0.15, -0.1) is 0 Å². The molecule has 1 aliphatic rings. The number of sulfonamides is 1. The molecule has 0 heterocycles. The first-order valence-corrected chi connectivity index (χ1v) is 10.7. The van der Waals surface area contributed by atoms with Crippen LogP contribution in [0.3, 0.4) is 0 Å². The second-order valence-electron chi connectivity index (χ2n) is 6.60. The highest BCUT2D eigenvalue weighted by atomic mass is 35.5. The van der Waals surface area contributed by atoms with Crippen molar-refractivity contribution in [3.8, 4) is 0 Å². The number of fused-ring (bicyclic) bond motifs is 1. The Hall–Kier alpha value is -2.05. The van der Waals surface area contributed by atoms with E-state index in [1.807, 2.05) is 12.1 Å². The highest BCUT2D eigenvalue weighted by molar-refractivity contribution is 7.92. The Kier molecular flexibility index (Phi) is 5.53. The maximum absolute atomic E-state index is 12.7. The minimum atomic E-state index is -3.42. The molecule has 0 saturated heterocycles. The van der Waals surface area contributed by atoms with Gasteiger partial charge in [-0.3, -0.25) is 9.52 Å². The highest BCUT2D eigenvalue weighted by Gasteiger charge is 2.20. The number of aryl methyl sites for hydroxylation is 1. The van der Waals surface area contributed by atoms with E-state index < -0.39 is 10.0 Å². The number of amides is 1. The number of rotatable bonds is 4. The quantitative estimate of drug-likeness (QED) is 0.783. The molecule has 1 atom stereocenters. The summed E-state index contributed by atoms with van der Waals surface area (Å²) in [5, 5.41) is 3.33. The molecule has 138 valence electrons. The van der Waals surface area contributed by atoms with Gasteiger partial charge in [0.05, 0.1) is 16.8 Å². The summed E-state index contributed by atoms with van der Waals surface area (Å²) in [7, 11) is -3.42. The number of carbonyl (C=O) groups excluding carboxylic acids is 1. The van der Waals surface area contributed by atoms with Gasteiger partial charge in [0.15, 0.2) is 0 Å². The van der Waals surface area contributed by atoms with Crippen molar-refractivity contribution in [2.75, 3.05) is 11.0 Å². The third-order valence-electron chi connectivity index (χ3n) is 4.43. The molecular weight excluding hydrogens is 372 g/mol. The molecule has 0 aromatic heterocycles. The normalized spacial score (nSPS) is 17.1. The summed E-state index contributed by atoms with van der Waals surface area (Å²) in [5.74, 6) is -0.295. The van der Waals surface area contributed by atoms with Crippen LogP contribution in [0, 0.1) is 0 Å². The molecule has 1 aliphatic carbocycles. The maximum Gasteiger partial charge on any atom is 0.253 e. The third kappa shape index (κ3) is 4.77. The van der Waals surface area contributed by atoms with Crippen LogP contribution in [0.5, 0.6) is 0 Å². The van der Waals surface area contributed by atoms with Crippen LogP contribution in [0.2, 0.25) is 5.02 Å². The smallest absolute Gasteiger partial charge is 0.253 e. The summed E-state index contributed by atoms with van der Waals surface area (Å²) in [5.41, 5.74) is 3.17. The van der Waals surface area contributed by atoms with Gasteiger partial charge in [-0.1, -0.05) is 35.9 Å². The average molecular weight is 393 g/mol. The molecule has 5 nitrogen and oxygen atoms in total. The predicted molar refractivity (Wildman–Crippen MR) is 104 cm³/mol. The molecular formula is C19H21ClN2O3S. The first kappa shape index (κ1) is 18.7. The minimum absolute atomic E-state index is 0.0220. The van der Waals surface area contributed by atoms with E-state index in [4.69, 9.17) is 11.6 Å². The van der Waals surface area contributed by atoms with E-state index in [-0.39, 0.29) is 22.5 Å². The van der Waals surface area contributed by atoms with Crippen LogP contribution in [0.15, 0.2) is 42.5 Å². The van der Waals surface area contributed by atoms with Crippen LogP contribution in [-0.4, -0.2) is 26.6 Å². The highest BCUT2D eigenvalue weighted by Crippen LogP contribution is 2.24. The first-order chi connectivity index (χ1) is 12.3. The van der Waals surface area contributed by atoms with Crippen LogP contribution in [0.1, 0.15) is 34.3 Å². The van der Waals surface area contributed by atoms with Crippen LogP contribution in [0.4, 0.5) is 5.69 Å². The fourth-order valence-electron chi connectivity index (χ4n) is 3.27. The number of benzene rings is 2. The van der Waals surface area contributed by atoms with Gasteiger partial charge < -0.3 is 5.32 Å². The molecule has 3 rings (SSSR count). The number of anilines is 1. The van der Waals surface area contributed by atoms with E-state index in [9.17, 15) is 13.2 Å². The minimum Gasteiger partial charge on any atom is -0.349 e. The lowest BCUT2D eigenvalue weighted by Crippen LogP contribution is -2.36. The van der Waals surface area contributed by atoms with Gasteiger partial charge in [0.1, 0.15) is 0 Å². The zero-order valence-corrected chi connectivity index (χ0v) is 16.0. The van der Waals surface area contributed by atoms with Crippen molar-refractivity contribution in [3.63, 3.8) is 0 Å². The molecule has 0 spiro atoms. The molecule has 0 fully saturated rings. The number of halogens is 1. The van der Waals surface area contributed by atoms with Crippen molar-refractivity contribution in [1.82, 2.24) is 5.32 Å². The fourth-order valence-corrected chi connectivity index (χ4v) is 4.03. The van der Waals surface area contributed by atoms with Crippen molar-refractivity contribution < 1.29 is 13.2 Å². The van der Waals surface area contributed by atoms with E-state index in [1.165, 1.54) is 29.3 Å². The fraction of sp³-hybridized carbons (Fsp3) is 0.316. The Bertz CT molecular complexity index is 928. The van der Waals surface area contributed by atoms with Crippen LogP contribution >= 0.6 is 11.6 Å². The molecule has 2 N–H and O–H groups in total. The molecule has 0 bridgehead atoms. The first-order valence-electron chi connectivity index (χ1n) is 8.47. The van der Waals surface area contributed by atoms with Crippen molar-refractivity contribution in [2.24, 2.45) is 0 Å². The number of nitrogens with one attached hydrogen (secondary N) is 2. The van der Waals surface area contributed by atoms with E-state index in [0.29, 0.717) is 5.69 Å². The lowest BCUT2D eigenvalue weighted by molar-refractivity contribution is 0.0935. The molecule has 2 aromatic carbocycles. The summed E-state index contributed by atoms with van der Waals surface area (Å²) >= 11 is 6.16. The SMILES string of the molecule is CS(=O)(=O)Nc1ccc(Cl)c(C(=O)NC2CCCc3ccccc3C2)c1. The van der Waals surface area contributed by atoms with Crippen molar-refractivity contribution in [3.05, 3.63) is 64.2 Å². The third-order valence-corrected chi connectivity index (χ3v) is 5.37. The number of carbonyl (C=O) groups is 1. The van der Waals surface area contributed by atoms with E-state index in [2.05, 4.69) is 22.2 Å². The topological polar surface area (TPSA) is 75.3 Å². The van der Waals surface area contributed by atoms with Gasteiger partial charge >= 0.3 is 0 Å². The van der Waals surface area contributed by atoms with Gasteiger partial charge in [-0.2, -0.15) is 0 Å². The Morgan fingerprint density at radius 2 is 1.88 bits per heavy atom. The van der Waals surface area contributed by atoms with Gasteiger partial charge in [0.25, 0.3) is 5.91 Å². The monoisotopic (exact) mass is 392 g/mol. The molecule has 1 amide bonds. The standard InChI is InChI=1S/C19H21ClN2O3S/c1-26(24,25)22-16-9-10-18(20)17(12-16)19(23)21-15-8-4-7-13-5-2-3-6-14(13)11-15/h2-3,5-6,9-10,12,15,22H,4,7-8,11H2,1H3,(H,21,23). The average Bonchev–Trinajstić information content (AvgIpc) is 2.76. The number of hydrogen-bond acceptors (Lipinski definition) is 3. The second kappa shape index (κ2) is 7.68. The maximum atomic E-state index is 12.7. The second-order valence-corrected chi connectivity index (χ2v) is 8.76. The molecule has 0 aliphatic heterocycles. The summed E-state index contributed by atoms with van der Waals surface area (Å²) in [6.07, 6.45) is 4.74. The Balaban J connectivity index is 1.76. The van der Waals surface area contributed by atoms with Crippen LogP contribution < -0.4 is 10.0 Å². The van der Waals surface area contributed by atoms with Gasteiger partial charge in [0, 0.05) is 11.7 Å². The Labute approximate surface area is 158 Å². The molecule has 0 radical (unpaired) electrons. The van der Waals surface area contributed by atoms with E-state index in [0.717, 1.165) is 31.9 Å². The van der Waals surface area contributed by atoms with Gasteiger partial charge in [0.2, 0.25) is 10.0 Å². The van der Waals surface area contributed by atoms with Crippen molar-refractivity contribution in [2.45, 2.75) is 31.7 Å². The van der Waals surface area contributed by atoms with Crippen LogP contribution in [-0.2, 0) is 22.9 Å². The Morgan fingerprint density at radius 3 is 2.62 bits per heavy atom. The molecule has 26 heavy (non-hydrogen) atoms. The zero-order valence-electron chi connectivity index (χ0n) is 14.5. The lowest BCUT2D eigenvalue weighted by Gasteiger charge is -2.18. The van der Waals surface area contributed by atoms with E-state index >= 15 is 0 Å². The largest absolute Gasteiger partial charge is 0.349 e. The molecule has 7 heteroatoms. The molecule has 1 unspecified atom stereocenters. The van der Waals surface area contributed by atoms with Gasteiger partial charge in [-0.05, 0) is 55.0 Å². The summed E-state index contributed by atoms with van der Waals surface area (Å²) < 4.78 is 25.2. The van der Waals surface area contributed by atoms with E-state index in [1.54, 1.807) is 0 Å². The number of hydrogen-bond donors (Lipinski definition) is 2. The van der Waals surface area contributed by atoms with Crippen LogP contribution in [0.25, 0.3) is 0 Å². The summed E-state index contributed by atoms with van der Waals surface area (Å²) in [6.45, 7) is 0. The summed E-state index contributed by atoms with van der Waals surface area (Å²) in [6, 6.07) is 12.8. The van der Waals surface area contributed by atoms with Crippen molar-refractivity contribution >= 4 is 33.2 Å². The summed E-state index contributed by atoms with van der Waals surface area (Å²) in [4.78, 5) is 12.7. The zero-order chi connectivity index (χ0) is 18.7. The molecule has 2 aromatic rings. The Morgan fingerprint density at radius 1 is 1.15 bits per heavy atom. The van der Waals surface area contributed by atoms with Crippen molar-refractivity contribution in [1.29, 1.82) is 0 Å². The lowest BCUT2D eigenvalue weighted by atomic mass is 10.0. The predicted octanol–water partition coefficient (Wildman–Crippen LogP) is 3.39. The van der Waals surface area contributed by atoms with Gasteiger partial charge in [-0.25, -0.2) is 8.42 Å².